The van der Waals surface area contributed by atoms with Gasteiger partial charge in [0.15, 0.2) is 0 Å². The Hall–Kier alpha value is -4.01. The van der Waals surface area contributed by atoms with Crippen molar-refractivity contribution in [3.8, 4) is 0 Å². The molecule has 2 aromatic carbocycles. The lowest BCUT2D eigenvalue weighted by Crippen LogP contribution is -2.49. The Morgan fingerprint density at radius 1 is 0.955 bits per heavy atom. The Bertz CT molecular complexity index is 1410. The van der Waals surface area contributed by atoms with E-state index in [-0.39, 0.29) is 19.0 Å². The first-order valence-electron chi connectivity index (χ1n) is 15.4. The van der Waals surface area contributed by atoms with Crippen molar-refractivity contribution in [3.63, 3.8) is 0 Å². The number of nitrogens with zero attached hydrogens (tertiary/aromatic N) is 2. The number of carbonyl (C=O) groups excluding carboxylic acids is 3. The van der Waals surface area contributed by atoms with Gasteiger partial charge in [-0.25, -0.2) is 14.0 Å². The summed E-state index contributed by atoms with van der Waals surface area (Å²) in [7, 11) is 0. The van der Waals surface area contributed by atoms with Crippen molar-refractivity contribution < 1.29 is 33.0 Å². The van der Waals surface area contributed by atoms with Crippen LogP contribution in [0.1, 0.15) is 76.5 Å². The van der Waals surface area contributed by atoms with E-state index in [9.17, 15) is 18.8 Å². The van der Waals surface area contributed by atoms with Crippen LogP contribution in [0.15, 0.2) is 64.8 Å². The maximum absolute atomic E-state index is 13.9. The van der Waals surface area contributed by atoms with E-state index >= 15 is 0 Å². The molecule has 0 N–H and O–H groups in total. The highest BCUT2D eigenvalue weighted by Gasteiger charge is 2.49. The summed E-state index contributed by atoms with van der Waals surface area (Å²) in [5.74, 6) is -3.14. The molecule has 0 aromatic heterocycles. The number of rotatable bonds is 9. The van der Waals surface area contributed by atoms with Gasteiger partial charge in [-0.1, -0.05) is 42.0 Å². The molecule has 0 radical (unpaired) electrons. The van der Waals surface area contributed by atoms with E-state index in [0.29, 0.717) is 49.2 Å². The molecule has 0 bridgehead atoms. The molecule has 236 valence electrons. The van der Waals surface area contributed by atoms with Gasteiger partial charge in [-0.05, 0) is 90.5 Å². The Morgan fingerprint density at radius 2 is 1.61 bits per heavy atom. The zero-order valence-electron chi connectivity index (χ0n) is 26.5. The van der Waals surface area contributed by atoms with Crippen LogP contribution in [0.3, 0.4) is 0 Å². The second-order valence-corrected chi connectivity index (χ2v) is 12.2. The monoisotopic (exact) mass is 606 g/mol. The summed E-state index contributed by atoms with van der Waals surface area (Å²) in [6, 6.07) is 13.4. The lowest BCUT2D eigenvalue weighted by Gasteiger charge is -2.37. The summed E-state index contributed by atoms with van der Waals surface area (Å²) >= 11 is 0. The molecule has 44 heavy (non-hydrogen) atoms. The first-order chi connectivity index (χ1) is 20.9. The highest BCUT2D eigenvalue weighted by molar-refractivity contribution is 6.11. The molecule has 0 aliphatic carbocycles. The minimum absolute atomic E-state index is 0.138. The van der Waals surface area contributed by atoms with Crippen molar-refractivity contribution in [2.75, 3.05) is 19.8 Å². The lowest BCUT2D eigenvalue weighted by atomic mass is 9.72. The van der Waals surface area contributed by atoms with Crippen LogP contribution in [0.25, 0.3) is 0 Å². The van der Waals surface area contributed by atoms with E-state index in [4.69, 9.17) is 19.2 Å². The highest BCUT2D eigenvalue weighted by atomic mass is 19.1. The molecule has 2 aliphatic heterocycles. The lowest BCUT2D eigenvalue weighted by molar-refractivity contribution is -0.146. The number of halogens is 1. The quantitative estimate of drug-likeness (QED) is 0.233. The Labute approximate surface area is 259 Å². The molecule has 1 amide bonds. The summed E-state index contributed by atoms with van der Waals surface area (Å²) in [5, 5.41) is 0. The maximum Gasteiger partial charge on any atom is 0.410 e. The first kappa shape index (κ1) is 32.9. The van der Waals surface area contributed by atoms with Crippen LogP contribution in [0.2, 0.25) is 0 Å². The fourth-order valence-corrected chi connectivity index (χ4v) is 5.88. The minimum atomic E-state index is -0.973. The van der Waals surface area contributed by atoms with Gasteiger partial charge in [0.1, 0.15) is 17.3 Å². The average Bonchev–Trinajstić information content (AvgIpc) is 3.46. The topological polar surface area (TPSA) is 94.5 Å². The second-order valence-electron chi connectivity index (χ2n) is 12.2. The summed E-state index contributed by atoms with van der Waals surface area (Å²) in [4.78, 5) is 47.8. The van der Waals surface area contributed by atoms with Gasteiger partial charge in [0.05, 0.1) is 36.2 Å². The molecule has 2 unspecified atom stereocenters. The number of hydrogen-bond donors (Lipinski definition) is 0. The van der Waals surface area contributed by atoms with Gasteiger partial charge in [0.2, 0.25) is 0 Å². The van der Waals surface area contributed by atoms with Crippen LogP contribution in [0.4, 0.5) is 9.18 Å². The normalized spacial score (nSPS) is 20.3. The third-order valence-electron chi connectivity index (χ3n) is 7.80. The Kier molecular flexibility index (Phi) is 10.6. The van der Waals surface area contributed by atoms with Crippen LogP contribution in [0, 0.1) is 18.7 Å². The van der Waals surface area contributed by atoms with Crippen LogP contribution in [0.5, 0.6) is 0 Å². The van der Waals surface area contributed by atoms with E-state index in [2.05, 4.69) is 0 Å². The third-order valence-corrected chi connectivity index (χ3v) is 7.80. The summed E-state index contributed by atoms with van der Waals surface area (Å²) in [6.07, 6.45) is 1.60. The fourth-order valence-electron chi connectivity index (χ4n) is 5.88. The number of hydrogen-bond acceptors (Lipinski definition) is 7. The average molecular weight is 607 g/mol. The number of amides is 1. The molecular formula is C35H43FN2O6. The Morgan fingerprint density at radius 3 is 2.23 bits per heavy atom. The predicted molar refractivity (Wildman–Crippen MR) is 166 cm³/mol. The molecule has 8 nitrogen and oxygen atoms in total. The van der Waals surface area contributed by atoms with E-state index in [0.717, 1.165) is 16.7 Å². The zero-order valence-corrected chi connectivity index (χ0v) is 26.5. The maximum atomic E-state index is 13.9. The van der Waals surface area contributed by atoms with Crippen LogP contribution in [-0.4, -0.2) is 60.0 Å². The molecule has 1 fully saturated rings. The Balaban J connectivity index is 1.92. The number of esters is 2. The fraction of sp³-hybridized carbons (Fsp3) is 0.486. The minimum Gasteiger partial charge on any atom is -0.465 e. The molecule has 2 aliphatic rings. The molecule has 9 heteroatoms. The molecular weight excluding hydrogens is 563 g/mol. The van der Waals surface area contributed by atoms with Gasteiger partial charge in [-0.3, -0.25) is 14.7 Å². The van der Waals surface area contributed by atoms with E-state index in [1.165, 1.54) is 12.1 Å². The van der Waals surface area contributed by atoms with Crippen molar-refractivity contribution in [3.05, 3.63) is 82.3 Å². The van der Waals surface area contributed by atoms with E-state index < -0.39 is 41.5 Å². The summed E-state index contributed by atoms with van der Waals surface area (Å²) in [6.45, 7) is 11.6. The number of ether oxygens (including phenoxy) is 3. The summed E-state index contributed by atoms with van der Waals surface area (Å²) in [5.41, 5.74) is 3.17. The molecule has 4 rings (SSSR count). The largest absolute Gasteiger partial charge is 0.465 e. The van der Waals surface area contributed by atoms with Crippen LogP contribution < -0.4 is 0 Å². The molecule has 3 atom stereocenters. The van der Waals surface area contributed by atoms with Gasteiger partial charge >= 0.3 is 18.0 Å². The number of aliphatic imine (C=N–C) groups is 1. The van der Waals surface area contributed by atoms with Gasteiger partial charge in [0, 0.05) is 12.5 Å². The van der Waals surface area contributed by atoms with Crippen LogP contribution in [-0.2, 0) is 30.2 Å². The smallest absolute Gasteiger partial charge is 0.410 e. The summed E-state index contributed by atoms with van der Waals surface area (Å²) < 4.78 is 30.6. The molecule has 1 saturated heterocycles. The van der Waals surface area contributed by atoms with E-state index in [1.54, 1.807) is 30.9 Å². The number of carbonyl (C=O) groups is 3. The SMILES string of the molecule is CCOC(=O)C1=C(CCc2ccc(F)cc2)N=C([C@@H]2CCCN2C(=O)OC(C)(C)C)C(C(=O)OCC)C1c1ccc(C)cc1. The highest BCUT2D eigenvalue weighted by Crippen LogP contribution is 2.44. The number of allylic oxidation sites excluding steroid dienone is 1. The number of benzene rings is 2. The van der Waals surface area contributed by atoms with Crippen LogP contribution >= 0.6 is 0 Å². The first-order valence-corrected chi connectivity index (χ1v) is 15.4. The molecule has 2 aromatic rings. The number of aryl methyl sites for hydroxylation is 2. The van der Waals surface area contributed by atoms with Crippen molar-refractivity contribution in [1.29, 1.82) is 0 Å². The van der Waals surface area contributed by atoms with Gasteiger partial charge in [0.25, 0.3) is 0 Å². The van der Waals surface area contributed by atoms with Gasteiger partial charge < -0.3 is 14.2 Å². The molecule has 0 spiro atoms. The standard InChI is InChI=1S/C35H43FN2O6/c1-7-42-32(39)29-26(20-15-23-13-18-25(36)19-14-23)37-31(27-10-9-21-38(27)34(41)44-35(4,5)6)30(33(40)43-8-2)28(29)24-16-11-22(3)12-17-24/h11-14,16-19,27-28,30H,7-10,15,20-21H2,1-6H3/t27-,28?,30?/m0/s1. The van der Waals surface area contributed by atoms with Gasteiger partial charge in [-0.2, -0.15) is 0 Å². The molecule has 2 heterocycles. The second kappa shape index (κ2) is 14.2. The molecule has 0 saturated carbocycles. The van der Waals surface area contributed by atoms with Crippen molar-refractivity contribution >= 4 is 23.7 Å². The van der Waals surface area contributed by atoms with E-state index in [1.807, 2.05) is 52.0 Å². The van der Waals surface area contributed by atoms with Crippen molar-refractivity contribution in [2.45, 2.75) is 84.8 Å². The predicted octanol–water partition coefficient (Wildman–Crippen LogP) is 6.70. The zero-order chi connectivity index (χ0) is 32.0. The number of likely N-dealkylation sites (tertiary alicyclic amines) is 1. The third kappa shape index (κ3) is 7.73. The van der Waals surface area contributed by atoms with Crippen molar-refractivity contribution in [2.24, 2.45) is 10.9 Å². The van der Waals surface area contributed by atoms with Crippen molar-refractivity contribution in [1.82, 2.24) is 4.90 Å². The van der Waals surface area contributed by atoms with Gasteiger partial charge in [-0.15, -0.1) is 0 Å².